The lowest BCUT2D eigenvalue weighted by Crippen LogP contribution is -2.56. The molecular formula is C18H23N3O11. The number of ether oxygens (including phenoxy) is 2. The zero-order chi connectivity index (χ0) is 24.6. The number of benzene rings is 1. The Labute approximate surface area is 181 Å². The van der Waals surface area contributed by atoms with Gasteiger partial charge in [-0.05, 0) is 38.5 Å². The monoisotopic (exact) mass is 457 g/mol. The maximum absolute atomic E-state index is 12.4. The number of nitrogens with zero attached hydrogens (tertiary/aromatic N) is 2. The first-order chi connectivity index (χ1) is 14.7. The first kappa shape index (κ1) is 26.3. The summed E-state index contributed by atoms with van der Waals surface area (Å²) < 4.78 is 9.87. The van der Waals surface area contributed by atoms with Crippen LogP contribution < -0.4 is 5.73 Å². The second kappa shape index (κ2) is 11.0. The summed E-state index contributed by atoms with van der Waals surface area (Å²) >= 11 is 0. The number of carbonyl (C=O) groups is 4. The van der Waals surface area contributed by atoms with Crippen LogP contribution in [0.15, 0.2) is 24.3 Å². The van der Waals surface area contributed by atoms with Crippen molar-refractivity contribution in [3.05, 3.63) is 39.9 Å². The zero-order valence-corrected chi connectivity index (χ0v) is 17.4. The van der Waals surface area contributed by atoms with E-state index in [0.717, 1.165) is 0 Å². The number of carbonyl (C=O) groups excluding carboxylic acids is 3. The zero-order valence-electron chi connectivity index (χ0n) is 17.4. The van der Waals surface area contributed by atoms with Crippen LogP contribution in [0.25, 0.3) is 0 Å². The van der Waals surface area contributed by atoms with Crippen LogP contribution in [0.3, 0.4) is 0 Å². The number of hydrogen-bond acceptors (Lipinski definition) is 10. The molecule has 1 rings (SSSR count). The number of nitrogens with two attached hydrogens (primary N) is 1. The number of aliphatic hydroxyl groups is 1. The summed E-state index contributed by atoms with van der Waals surface area (Å²) in [4.78, 5) is 62.0. The van der Waals surface area contributed by atoms with Gasteiger partial charge in [-0.2, -0.15) is 5.06 Å². The number of carboxylic acids is 1. The molecule has 0 saturated carbocycles. The molecule has 14 nitrogen and oxygen atoms in total. The van der Waals surface area contributed by atoms with Gasteiger partial charge in [-0.25, -0.2) is 14.4 Å². The molecule has 2 amide bonds. The molecule has 1 aromatic carbocycles. The van der Waals surface area contributed by atoms with Gasteiger partial charge in [0.1, 0.15) is 12.2 Å². The lowest BCUT2D eigenvalue weighted by Gasteiger charge is -2.31. The highest BCUT2D eigenvalue weighted by molar-refractivity contribution is 5.89. The Kier molecular flexibility index (Phi) is 9.04. The van der Waals surface area contributed by atoms with E-state index in [1.54, 1.807) is 0 Å². The average molecular weight is 457 g/mol. The van der Waals surface area contributed by atoms with Crippen molar-refractivity contribution in [1.29, 1.82) is 0 Å². The summed E-state index contributed by atoms with van der Waals surface area (Å²) in [6.45, 7) is 3.08. The van der Waals surface area contributed by atoms with Crippen molar-refractivity contribution < 1.29 is 48.6 Å². The molecule has 2 unspecified atom stereocenters. The van der Waals surface area contributed by atoms with Gasteiger partial charge in [-0.15, -0.1) is 0 Å². The normalized spacial score (nSPS) is 12.9. The van der Waals surface area contributed by atoms with E-state index in [0.29, 0.717) is 5.56 Å². The minimum Gasteiger partial charge on any atom is -0.480 e. The number of non-ortho nitro benzene ring substituents is 1. The molecule has 0 fully saturated rings. The van der Waals surface area contributed by atoms with Crippen molar-refractivity contribution in [3.63, 3.8) is 0 Å². The standard InChI is InChI=1S/C18H23N3O11/c1-18(2,3)32-17(27)20(13(16(25)26)14(23)15(19)24)31-9-12(22)30-8-10-4-6-11(7-5-10)21(28)29/h4-7,13-14,23H,8-9H2,1-3H3,(H2,19,24)(H,25,26). The molecule has 2 atom stereocenters. The summed E-state index contributed by atoms with van der Waals surface area (Å²) in [5.41, 5.74) is 4.04. The molecular weight excluding hydrogens is 434 g/mol. The number of aliphatic hydroxyl groups excluding tert-OH is 1. The minimum atomic E-state index is -2.38. The fourth-order valence-electron chi connectivity index (χ4n) is 2.11. The Balaban J connectivity index is 2.88. The van der Waals surface area contributed by atoms with Gasteiger partial charge in [0, 0.05) is 12.1 Å². The Morgan fingerprint density at radius 3 is 2.19 bits per heavy atom. The van der Waals surface area contributed by atoms with E-state index in [1.165, 1.54) is 45.0 Å². The van der Waals surface area contributed by atoms with Gasteiger partial charge in [0.15, 0.2) is 18.8 Å². The van der Waals surface area contributed by atoms with Crippen LogP contribution in [0, 0.1) is 10.1 Å². The summed E-state index contributed by atoms with van der Waals surface area (Å²) in [6, 6.07) is 2.79. The predicted octanol–water partition coefficient (Wildman–Crippen LogP) is 0.106. The number of nitro groups is 1. The number of hydroxylamine groups is 2. The van der Waals surface area contributed by atoms with Crippen LogP contribution in [-0.2, 0) is 35.3 Å². The van der Waals surface area contributed by atoms with Gasteiger partial charge < -0.3 is 25.4 Å². The molecule has 0 aliphatic carbocycles. The number of primary amides is 1. The number of amides is 2. The van der Waals surface area contributed by atoms with Gasteiger partial charge >= 0.3 is 18.0 Å². The van der Waals surface area contributed by atoms with E-state index in [1.807, 2.05) is 0 Å². The molecule has 0 heterocycles. The molecule has 0 radical (unpaired) electrons. The van der Waals surface area contributed by atoms with Crippen molar-refractivity contribution >= 4 is 29.6 Å². The van der Waals surface area contributed by atoms with Crippen LogP contribution in [0.5, 0.6) is 0 Å². The van der Waals surface area contributed by atoms with Crippen molar-refractivity contribution in [2.24, 2.45) is 5.73 Å². The second-order valence-electron chi connectivity index (χ2n) is 7.29. The minimum absolute atomic E-state index is 0.0101. The number of hydrogen-bond donors (Lipinski definition) is 3. The Morgan fingerprint density at radius 2 is 1.75 bits per heavy atom. The second-order valence-corrected chi connectivity index (χ2v) is 7.29. The third kappa shape index (κ3) is 8.16. The lowest BCUT2D eigenvalue weighted by atomic mass is 10.1. The van der Waals surface area contributed by atoms with Gasteiger partial charge in [-0.3, -0.25) is 19.7 Å². The molecule has 0 aromatic heterocycles. The first-order valence-electron chi connectivity index (χ1n) is 8.97. The largest absolute Gasteiger partial charge is 0.480 e. The summed E-state index contributed by atoms with van der Waals surface area (Å²) in [6.07, 6.45) is -3.79. The quantitative estimate of drug-likeness (QED) is 0.244. The van der Waals surface area contributed by atoms with Crippen molar-refractivity contribution in [1.82, 2.24) is 5.06 Å². The highest BCUT2D eigenvalue weighted by Crippen LogP contribution is 2.16. The van der Waals surface area contributed by atoms with E-state index in [2.05, 4.69) is 0 Å². The van der Waals surface area contributed by atoms with Crippen LogP contribution in [-0.4, -0.2) is 68.5 Å². The maximum atomic E-state index is 12.4. The van der Waals surface area contributed by atoms with E-state index in [-0.39, 0.29) is 17.4 Å². The fourth-order valence-corrected chi connectivity index (χ4v) is 2.11. The van der Waals surface area contributed by atoms with E-state index < -0.39 is 53.2 Å². The summed E-state index contributed by atoms with van der Waals surface area (Å²) in [7, 11) is 0. The van der Waals surface area contributed by atoms with E-state index in [4.69, 9.17) is 20.0 Å². The Bertz CT molecular complexity index is 864. The predicted molar refractivity (Wildman–Crippen MR) is 104 cm³/mol. The van der Waals surface area contributed by atoms with E-state index in [9.17, 15) is 39.5 Å². The third-order valence-electron chi connectivity index (χ3n) is 3.54. The lowest BCUT2D eigenvalue weighted by molar-refractivity contribution is -0.384. The smallest absolute Gasteiger partial charge is 0.435 e. The van der Waals surface area contributed by atoms with Gasteiger partial charge in [-0.1, -0.05) is 0 Å². The molecule has 0 bridgehead atoms. The van der Waals surface area contributed by atoms with Gasteiger partial charge in [0.25, 0.3) is 5.69 Å². The average Bonchev–Trinajstić information content (AvgIpc) is 2.67. The molecule has 176 valence electrons. The SMILES string of the molecule is CC(C)(C)OC(=O)N(OCC(=O)OCc1ccc([N+](=O)[O-])cc1)C(C(=O)O)C(O)C(N)=O. The maximum Gasteiger partial charge on any atom is 0.435 e. The first-order valence-corrected chi connectivity index (χ1v) is 8.97. The number of carboxylic acid groups (broad SMARTS) is 1. The van der Waals surface area contributed by atoms with Crippen molar-refractivity contribution in [2.45, 2.75) is 45.1 Å². The van der Waals surface area contributed by atoms with Crippen LogP contribution in [0.1, 0.15) is 26.3 Å². The summed E-state index contributed by atoms with van der Waals surface area (Å²) in [5, 5.41) is 29.8. The summed E-state index contributed by atoms with van der Waals surface area (Å²) in [5.74, 6) is -4.38. The fraction of sp³-hybridized carbons (Fsp3) is 0.444. The van der Waals surface area contributed by atoms with Crippen LogP contribution >= 0.6 is 0 Å². The topological polar surface area (TPSA) is 209 Å². The highest BCUT2D eigenvalue weighted by Gasteiger charge is 2.42. The third-order valence-corrected chi connectivity index (χ3v) is 3.54. The van der Waals surface area contributed by atoms with E-state index >= 15 is 0 Å². The number of esters is 1. The molecule has 0 aliphatic rings. The van der Waals surface area contributed by atoms with Gasteiger partial charge in [0.05, 0.1) is 4.92 Å². The highest BCUT2D eigenvalue weighted by atomic mass is 16.7. The molecule has 0 spiro atoms. The molecule has 14 heteroatoms. The Hall–Kier alpha value is -3.78. The molecule has 0 saturated heterocycles. The van der Waals surface area contributed by atoms with Crippen molar-refractivity contribution in [3.8, 4) is 0 Å². The van der Waals surface area contributed by atoms with Gasteiger partial charge in [0.2, 0.25) is 5.91 Å². The van der Waals surface area contributed by atoms with Crippen molar-refractivity contribution in [2.75, 3.05) is 6.61 Å². The Morgan fingerprint density at radius 1 is 1.19 bits per heavy atom. The number of rotatable bonds is 10. The number of nitro benzene ring substituents is 1. The van der Waals surface area contributed by atoms with Crippen LogP contribution in [0.4, 0.5) is 10.5 Å². The molecule has 32 heavy (non-hydrogen) atoms. The molecule has 1 aromatic rings. The molecule has 4 N–H and O–H groups in total. The van der Waals surface area contributed by atoms with Crippen LogP contribution in [0.2, 0.25) is 0 Å². The number of aliphatic carboxylic acids is 1. The molecule has 0 aliphatic heterocycles.